The molecule has 2 aliphatic heterocycles. The van der Waals surface area contributed by atoms with Gasteiger partial charge in [0.1, 0.15) is 0 Å². The van der Waals surface area contributed by atoms with Crippen molar-refractivity contribution < 1.29 is 9.53 Å². The molecule has 1 aromatic carbocycles. The summed E-state index contributed by atoms with van der Waals surface area (Å²) in [5, 5.41) is 0.708. The maximum Gasteiger partial charge on any atom is 0.246 e. The van der Waals surface area contributed by atoms with Gasteiger partial charge in [0, 0.05) is 50.4 Å². The number of hydrogen-bond donors (Lipinski definition) is 0. The minimum Gasteiger partial charge on any atom is -0.381 e. The van der Waals surface area contributed by atoms with Gasteiger partial charge in [-0.3, -0.25) is 4.79 Å². The minimum absolute atomic E-state index is 0.103. The standard InChI is InChI=1S/C20H27ClN2O2/c1-25-19-10-14-22(15-11-19)18-8-12-23(13-9-18)20(24)7-4-16-2-5-17(21)6-3-16/h2-7,18-19H,8-15H2,1H3/b7-4+. The van der Waals surface area contributed by atoms with Crippen LogP contribution in [-0.2, 0) is 9.53 Å². The third kappa shape index (κ3) is 5.06. The van der Waals surface area contributed by atoms with Crippen LogP contribution in [0.2, 0.25) is 5.02 Å². The predicted octanol–water partition coefficient (Wildman–Crippen LogP) is 3.46. The molecule has 0 aliphatic carbocycles. The second kappa shape index (κ2) is 8.84. The predicted molar refractivity (Wildman–Crippen MR) is 102 cm³/mol. The number of amides is 1. The van der Waals surface area contributed by atoms with E-state index in [9.17, 15) is 4.79 Å². The topological polar surface area (TPSA) is 32.8 Å². The van der Waals surface area contributed by atoms with E-state index in [4.69, 9.17) is 16.3 Å². The number of nitrogens with zero attached hydrogens (tertiary/aromatic N) is 2. The molecule has 2 fully saturated rings. The van der Waals surface area contributed by atoms with Gasteiger partial charge in [-0.15, -0.1) is 0 Å². The molecular formula is C20H27ClN2O2. The number of piperidine rings is 2. The number of methoxy groups -OCH3 is 1. The van der Waals surface area contributed by atoms with Gasteiger partial charge in [0.05, 0.1) is 6.10 Å². The Morgan fingerprint density at radius 1 is 1.08 bits per heavy atom. The molecule has 0 unspecified atom stereocenters. The van der Waals surface area contributed by atoms with Crippen molar-refractivity contribution in [2.24, 2.45) is 0 Å². The van der Waals surface area contributed by atoms with E-state index >= 15 is 0 Å². The van der Waals surface area contributed by atoms with Gasteiger partial charge in [-0.05, 0) is 49.5 Å². The summed E-state index contributed by atoms with van der Waals surface area (Å²) in [6.45, 7) is 3.93. The van der Waals surface area contributed by atoms with Gasteiger partial charge in [0.2, 0.25) is 5.91 Å². The Hall–Kier alpha value is -1.36. The molecule has 0 atom stereocenters. The maximum absolute atomic E-state index is 12.4. The number of halogens is 1. The fraction of sp³-hybridized carbons (Fsp3) is 0.550. The molecule has 1 aromatic rings. The van der Waals surface area contributed by atoms with Crippen LogP contribution in [0.1, 0.15) is 31.2 Å². The molecular weight excluding hydrogens is 336 g/mol. The van der Waals surface area contributed by atoms with Crippen molar-refractivity contribution in [2.45, 2.75) is 37.8 Å². The Morgan fingerprint density at radius 2 is 1.72 bits per heavy atom. The third-order valence-electron chi connectivity index (χ3n) is 5.39. The highest BCUT2D eigenvalue weighted by atomic mass is 35.5. The molecule has 136 valence electrons. The van der Waals surface area contributed by atoms with Crippen molar-refractivity contribution >= 4 is 23.6 Å². The highest BCUT2D eigenvalue weighted by Crippen LogP contribution is 2.22. The highest BCUT2D eigenvalue weighted by molar-refractivity contribution is 6.30. The van der Waals surface area contributed by atoms with Crippen molar-refractivity contribution in [1.29, 1.82) is 0 Å². The lowest BCUT2D eigenvalue weighted by molar-refractivity contribution is -0.127. The van der Waals surface area contributed by atoms with Crippen molar-refractivity contribution in [3.8, 4) is 0 Å². The summed E-state index contributed by atoms with van der Waals surface area (Å²) in [5.74, 6) is 0.103. The Bertz CT molecular complexity index is 586. The fourth-order valence-electron chi connectivity index (χ4n) is 3.77. The summed E-state index contributed by atoms with van der Waals surface area (Å²) in [6, 6.07) is 8.12. The largest absolute Gasteiger partial charge is 0.381 e. The highest BCUT2D eigenvalue weighted by Gasteiger charge is 2.29. The summed E-state index contributed by atoms with van der Waals surface area (Å²) in [7, 11) is 1.81. The number of hydrogen-bond acceptors (Lipinski definition) is 3. The second-order valence-electron chi connectivity index (χ2n) is 6.91. The molecule has 0 spiro atoms. The van der Waals surface area contributed by atoms with E-state index in [1.165, 1.54) is 0 Å². The van der Waals surface area contributed by atoms with E-state index in [2.05, 4.69) is 4.90 Å². The van der Waals surface area contributed by atoms with Crippen LogP contribution in [-0.4, -0.2) is 61.1 Å². The van der Waals surface area contributed by atoms with Crippen LogP contribution in [0.5, 0.6) is 0 Å². The number of carbonyl (C=O) groups excluding carboxylic acids is 1. The molecule has 2 saturated heterocycles. The zero-order valence-corrected chi connectivity index (χ0v) is 15.6. The van der Waals surface area contributed by atoms with Gasteiger partial charge in [-0.25, -0.2) is 0 Å². The van der Waals surface area contributed by atoms with Crippen LogP contribution in [0.3, 0.4) is 0 Å². The summed E-state index contributed by atoms with van der Waals surface area (Å²) < 4.78 is 5.45. The molecule has 2 aliphatic rings. The zero-order chi connectivity index (χ0) is 17.6. The van der Waals surface area contributed by atoms with Crippen molar-refractivity contribution in [2.75, 3.05) is 33.3 Å². The Labute approximate surface area is 155 Å². The first kappa shape index (κ1) is 18.4. The van der Waals surface area contributed by atoms with Crippen molar-refractivity contribution in [1.82, 2.24) is 9.80 Å². The second-order valence-corrected chi connectivity index (χ2v) is 7.35. The van der Waals surface area contributed by atoms with Crippen molar-refractivity contribution in [3.05, 3.63) is 40.9 Å². The molecule has 0 N–H and O–H groups in total. The van der Waals surface area contributed by atoms with E-state index in [1.54, 1.807) is 6.08 Å². The van der Waals surface area contributed by atoms with Gasteiger partial charge < -0.3 is 14.5 Å². The molecule has 3 rings (SSSR count). The van der Waals surface area contributed by atoms with E-state index in [0.29, 0.717) is 17.2 Å². The molecule has 0 bridgehead atoms. The number of likely N-dealkylation sites (tertiary alicyclic amines) is 2. The Morgan fingerprint density at radius 3 is 2.32 bits per heavy atom. The lowest BCUT2D eigenvalue weighted by atomic mass is 9.99. The monoisotopic (exact) mass is 362 g/mol. The van der Waals surface area contributed by atoms with E-state index in [1.807, 2.05) is 42.4 Å². The molecule has 0 radical (unpaired) electrons. The Kier molecular flexibility index (Phi) is 6.51. The first-order valence-corrected chi connectivity index (χ1v) is 9.53. The zero-order valence-electron chi connectivity index (χ0n) is 14.9. The first-order chi connectivity index (χ1) is 12.2. The quantitative estimate of drug-likeness (QED) is 0.769. The smallest absolute Gasteiger partial charge is 0.246 e. The van der Waals surface area contributed by atoms with Crippen LogP contribution in [0.25, 0.3) is 6.08 Å². The van der Waals surface area contributed by atoms with Crippen LogP contribution >= 0.6 is 11.6 Å². The minimum atomic E-state index is 0.103. The van der Waals surface area contributed by atoms with Crippen LogP contribution in [0, 0.1) is 0 Å². The molecule has 5 heteroatoms. The summed E-state index contributed by atoms with van der Waals surface area (Å²) in [5.41, 5.74) is 0.994. The fourth-order valence-corrected chi connectivity index (χ4v) is 3.90. The lowest BCUT2D eigenvalue weighted by Crippen LogP contribution is -2.49. The van der Waals surface area contributed by atoms with Crippen LogP contribution in [0.15, 0.2) is 30.3 Å². The normalized spacial score (nSPS) is 21.1. The SMILES string of the molecule is COC1CCN(C2CCN(C(=O)/C=C/c3ccc(Cl)cc3)CC2)CC1. The number of carbonyl (C=O) groups is 1. The van der Waals surface area contributed by atoms with E-state index in [0.717, 1.165) is 57.4 Å². The van der Waals surface area contributed by atoms with Gasteiger partial charge in [-0.1, -0.05) is 23.7 Å². The molecule has 0 aromatic heterocycles. The summed E-state index contributed by atoms with van der Waals surface area (Å²) >= 11 is 5.88. The first-order valence-electron chi connectivity index (χ1n) is 9.15. The van der Waals surface area contributed by atoms with Gasteiger partial charge >= 0.3 is 0 Å². The molecule has 1 amide bonds. The lowest BCUT2D eigenvalue weighted by Gasteiger charge is -2.41. The van der Waals surface area contributed by atoms with E-state index in [-0.39, 0.29) is 5.91 Å². The summed E-state index contributed by atoms with van der Waals surface area (Å²) in [4.78, 5) is 16.9. The third-order valence-corrected chi connectivity index (χ3v) is 5.64. The van der Waals surface area contributed by atoms with Crippen LogP contribution < -0.4 is 0 Å². The molecule has 0 saturated carbocycles. The van der Waals surface area contributed by atoms with Crippen molar-refractivity contribution in [3.63, 3.8) is 0 Å². The Balaban J connectivity index is 1.45. The maximum atomic E-state index is 12.4. The average molecular weight is 363 g/mol. The van der Waals surface area contributed by atoms with Gasteiger partial charge in [0.15, 0.2) is 0 Å². The number of ether oxygens (including phenoxy) is 1. The molecule has 4 nitrogen and oxygen atoms in total. The number of rotatable bonds is 4. The van der Waals surface area contributed by atoms with E-state index < -0.39 is 0 Å². The summed E-state index contributed by atoms with van der Waals surface area (Å²) in [6.07, 6.45) is 8.35. The van der Waals surface area contributed by atoms with Crippen LogP contribution in [0.4, 0.5) is 0 Å². The van der Waals surface area contributed by atoms with Gasteiger partial charge in [0.25, 0.3) is 0 Å². The molecule has 2 heterocycles. The average Bonchev–Trinajstić information content (AvgIpc) is 2.67. The number of benzene rings is 1. The van der Waals surface area contributed by atoms with Gasteiger partial charge in [-0.2, -0.15) is 0 Å². The molecule has 25 heavy (non-hydrogen) atoms.